The number of aryl methyl sites for hydroxylation is 2. The van der Waals surface area contributed by atoms with E-state index < -0.39 is 5.69 Å². The van der Waals surface area contributed by atoms with E-state index in [0.29, 0.717) is 17.2 Å². The molecule has 1 aliphatic carbocycles. The first kappa shape index (κ1) is 19.7. The molecule has 2 heterocycles. The number of hydrogen-bond acceptors (Lipinski definition) is 4. The molecule has 0 aliphatic heterocycles. The summed E-state index contributed by atoms with van der Waals surface area (Å²) < 4.78 is 3.42. The van der Waals surface area contributed by atoms with Crippen LogP contribution in [0.5, 0.6) is 0 Å². The van der Waals surface area contributed by atoms with Crippen molar-refractivity contribution in [3.8, 4) is 0 Å². The maximum Gasteiger partial charge on any atom is 0.329 e. The molecule has 2 N–H and O–H groups in total. The summed E-state index contributed by atoms with van der Waals surface area (Å²) in [6.07, 6.45) is 13.2. The molecule has 0 bridgehead atoms. The minimum Gasteiger partial charge on any atom is -0.353 e. The summed E-state index contributed by atoms with van der Waals surface area (Å²) in [4.78, 5) is 31.5. The molecular formula is C20H33N5O2. The topological polar surface area (TPSA) is 84.7 Å². The predicted molar refractivity (Wildman–Crippen MR) is 109 cm³/mol. The Morgan fingerprint density at radius 1 is 1.07 bits per heavy atom. The molecule has 2 aromatic heterocycles. The molecule has 1 fully saturated rings. The van der Waals surface area contributed by atoms with Crippen LogP contribution in [0.15, 0.2) is 9.59 Å². The van der Waals surface area contributed by atoms with E-state index in [0.717, 1.165) is 38.2 Å². The maximum atomic E-state index is 12.5. The summed E-state index contributed by atoms with van der Waals surface area (Å²) in [7, 11) is 1.66. The number of rotatable bonds is 9. The zero-order chi connectivity index (χ0) is 19.2. The van der Waals surface area contributed by atoms with Crippen molar-refractivity contribution < 1.29 is 0 Å². The van der Waals surface area contributed by atoms with Gasteiger partial charge in [0.05, 0.1) is 0 Å². The standard InChI is InChI=1S/C20H33N5O2/c1-3-4-5-6-7-11-14-25-16-17(24(2)20(27)23-18(16)26)22-19(25)21-15-12-9-8-10-13-15/h15H,3-14H2,1-2H3,(H,21,22)(H,23,26,27). The molecule has 0 aromatic carbocycles. The fourth-order valence-corrected chi connectivity index (χ4v) is 4.04. The van der Waals surface area contributed by atoms with Gasteiger partial charge in [-0.25, -0.2) is 4.79 Å². The molecule has 150 valence electrons. The van der Waals surface area contributed by atoms with Crippen LogP contribution in [-0.2, 0) is 13.6 Å². The van der Waals surface area contributed by atoms with Gasteiger partial charge in [-0.05, 0) is 19.3 Å². The summed E-state index contributed by atoms with van der Waals surface area (Å²) in [6, 6.07) is 0.398. The van der Waals surface area contributed by atoms with E-state index >= 15 is 0 Å². The average molecular weight is 376 g/mol. The van der Waals surface area contributed by atoms with Gasteiger partial charge in [-0.15, -0.1) is 0 Å². The summed E-state index contributed by atoms with van der Waals surface area (Å²) in [5, 5.41) is 3.56. The third-order valence-electron chi connectivity index (χ3n) is 5.68. The Morgan fingerprint density at radius 2 is 1.78 bits per heavy atom. The number of unbranched alkanes of at least 4 members (excludes halogenated alkanes) is 5. The van der Waals surface area contributed by atoms with Gasteiger partial charge in [0.2, 0.25) is 5.95 Å². The van der Waals surface area contributed by atoms with Gasteiger partial charge >= 0.3 is 5.69 Å². The number of aromatic nitrogens is 4. The van der Waals surface area contributed by atoms with E-state index in [2.05, 4.69) is 22.2 Å². The molecule has 1 aliphatic rings. The van der Waals surface area contributed by atoms with Gasteiger partial charge in [0.25, 0.3) is 5.56 Å². The van der Waals surface area contributed by atoms with E-state index in [1.165, 1.54) is 49.5 Å². The Labute approximate surface area is 160 Å². The SMILES string of the molecule is CCCCCCCCn1c(NC2CCCCC2)nc2c1c(=O)[nH]c(=O)n2C. The molecule has 7 nitrogen and oxygen atoms in total. The molecule has 0 radical (unpaired) electrons. The van der Waals surface area contributed by atoms with Crippen molar-refractivity contribution in [1.82, 2.24) is 19.1 Å². The largest absolute Gasteiger partial charge is 0.353 e. The predicted octanol–water partition coefficient (Wildman–Crippen LogP) is 3.53. The van der Waals surface area contributed by atoms with Crippen LogP contribution in [0, 0.1) is 0 Å². The quantitative estimate of drug-likeness (QED) is 0.657. The van der Waals surface area contributed by atoms with Gasteiger partial charge in [-0.2, -0.15) is 4.98 Å². The number of aromatic amines is 1. The molecule has 1 saturated carbocycles. The smallest absolute Gasteiger partial charge is 0.329 e. The van der Waals surface area contributed by atoms with E-state index in [1.54, 1.807) is 7.05 Å². The van der Waals surface area contributed by atoms with Gasteiger partial charge in [0, 0.05) is 19.6 Å². The van der Waals surface area contributed by atoms with E-state index in [-0.39, 0.29) is 5.56 Å². The first-order chi connectivity index (χ1) is 13.1. The van der Waals surface area contributed by atoms with Gasteiger partial charge in [0.1, 0.15) is 0 Å². The normalized spacial score (nSPS) is 15.5. The lowest BCUT2D eigenvalue weighted by Gasteiger charge is -2.23. The number of H-pyrrole nitrogens is 1. The molecule has 3 rings (SSSR count). The molecule has 27 heavy (non-hydrogen) atoms. The van der Waals surface area contributed by atoms with Gasteiger partial charge in [0.15, 0.2) is 11.2 Å². The second kappa shape index (κ2) is 9.24. The Balaban J connectivity index is 1.85. The second-order valence-corrected chi connectivity index (χ2v) is 7.82. The minimum absolute atomic E-state index is 0.344. The number of imidazole rings is 1. The summed E-state index contributed by atoms with van der Waals surface area (Å²) in [5.74, 6) is 0.733. The van der Waals surface area contributed by atoms with Crippen LogP contribution in [0.1, 0.15) is 77.6 Å². The van der Waals surface area contributed by atoms with Crippen molar-refractivity contribution in [2.75, 3.05) is 5.32 Å². The average Bonchev–Trinajstić information content (AvgIpc) is 3.02. The van der Waals surface area contributed by atoms with Crippen molar-refractivity contribution >= 4 is 17.1 Å². The van der Waals surface area contributed by atoms with Crippen LogP contribution >= 0.6 is 0 Å². The van der Waals surface area contributed by atoms with Crippen LogP contribution < -0.4 is 16.6 Å². The van der Waals surface area contributed by atoms with Crippen LogP contribution in [0.4, 0.5) is 5.95 Å². The summed E-state index contributed by atoms with van der Waals surface area (Å²) >= 11 is 0. The number of anilines is 1. The minimum atomic E-state index is -0.416. The zero-order valence-corrected chi connectivity index (χ0v) is 16.7. The van der Waals surface area contributed by atoms with Gasteiger partial charge in [-0.3, -0.25) is 14.3 Å². The Kier molecular flexibility index (Phi) is 6.74. The van der Waals surface area contributed by atoms with E-state index in [4.69, 9.17) is 0 Å². The van der Waals surface area contributed by atoms with Crippen molar-refractivity contribution in [3.05, 3.63) is 20.8 Å². The lowest BCUT2D eigenvalue weighted by molar-refractivity contribution is 0.458. The van der Waals surface area contributed by atoms with Crippen molar-refractivity contribution in [1.29, 1.82) is 0 Å². The highest BCUT2D eigenvalue weighted by Gasteiger charge is 2.20. The van der Waals surface area contributed by atoms with Gasteiger partial charge < -0.3 is 9.88 Å². The fourth-order valence-electron chi connectivity index (χ4n) is 4.04. The molecule has 0 amide bonds. The number of nitrogens with zero attached hydrogens (tertiary/aromatic N) is 3. The highest BCUT2D eigenvalue weighted by atomic mass is 16.2. The molecule has 2 aromatic rings. The van der Waals surface area contributed by atoms with E-state index in [1.807, 2.05) is 4.57 Å². The number of fused-ring (bicyclic) bond motifs is 1. The Hall–Kier alpha value is -2.05. The highest BCUT2D eigenvalue weighted by Crippen LogP contribution is 2.23. The molecule has 0 atom stereocenters. The third-order valence-corrected chi connectivity index (χ3v) is 5.68. The second-order valence-electron chi connectivity index (χ2n) is 7.82. The van der Waals surface area contributed by atoms with Crippen LogP contribution in [0.25, 0.3) is 11.2 Å². The van der Waals surface area contributed by atoms with Crippen molar-refractivity contribution in [2.45, 2.75) is 90.1 Å². The lowest BCUT2D eigenvalue weighted by Crippen LogP contribution is -2.29. The van der Waals surface area contributed by atoms with E-state index in [9.17, 15) is 9.59 Å². The first-order valence-corrected chi connectivity index (χ1v) is 10.6. The Bertz CT molecular complexity index is 858. The zero-order valence-electron chi connectivity index (χ0n) is 16.7. The molecule has 0 unspecified atom stereocenters. The first-order valence-electron chi connectivity index (χ1n) is 10.6. The van der Waals surface area contributed by atoms with Gasteiger partial charge in [-0.1, -0.05) is 58.3 Å². The van der Waals surface area contributed by atoms with Crippen LogP contribution in [0.2, 0.25) is 0 Å². The van der Waals surface area contributed by atoms with Crippen molar-refractivity contribution in [3.63, 3.8) is 0 Å². The number of hydrogen-bond donors (Lipinski definition) is 2. The summed E-state index contributed by atoms with van der Waals surface area (Å²) in [6.45, 7) is 2.97. The summed E-state index contributed by atoms with van der Waals surface area (Å²) in [5.41, 5.74) is 0.209. The highest BCUT2D eigenvalue weighted by molar-refractivity contribution is 5.74. The fraction of sp³-hybridized carbons (Fsp3) is 0.750. The van der Waals surface area contributed by atoms with Crippen LogP contribution in [-0.4, -0.2) is 25.1 Å². The molecule has 0 spiro atoms. The molecular weight excluding hydrogens is 342 g/mol. The lowest BCUT2D eigenvalue weighted by atomic mass is 9.96. The molecule has 0 saturated heterocycles. The number of nitrogens with one attached hydrogen (secondary N) is 2. The van der Waals surface area contributed by atoms with Crippen LogP contribution in [0.3, 0.4) is 0 Å². The maximum absolute atomic E-state index is 12.5. The monoisotopic (exact) mass is 375 g/mol. The Morgan fingerprint density at radius 3 is 2.52 bits per heavy atom. The van der Waals surface area contributed by atoms with Crippen molar-refractivity contribution in [2.24, 2.45) is 7.05 Å². The molecule has 7 heteroatoms. The third kappa shape index (κ3) is 4.62.